The molecule has 0 spiro atoms. The molecule has 1 unspecified atom stereocenters. The number of benzene rings is 3. The Labute approximate surface area is 247 Å². The number of anilines is 1. The second-order valence-electron chi connectivity index (χ2n) is 10.8. The van der Waals surface area contributed by atoms with Crippen molar-refractivity contribution in [2.45, 2.75) is 64.6 Å². The van der Waals surface area contributed by atoms with Crippen LogP contribution in [0, 0.1) is 13.8 Å². The monoisotopic (exact) mass is 603 g/mol. The van der Waals surface area contributed by atoms with Gasteiger partial charge in [-0.05, 0) is 95.1 Å². The van der Waals surface area contributed by atoms with Crippen LogP contribution in [0.25, 0.3) is 0 Å². The highest BCUT2D eigenvalue weighted by Crippen LogP contribution is 2.29. The molecule has 40 heavy (non-hydrogen) atoms. The average Bonchev–Trinajstić information content (AvgIpc) is 2.85. The van der Waals surface area contributed by atoms with Gasteiger partial charge in [0.15, 0.2) is 0 Å². The molecule has 0 bridgehead atoms. The summed E-state index contributed by atoms with van der Waals surface area (Å²) in [6.45, 7) is 10.3. The number of nitrogens with zero attached hydrogens (tertiary/aromatic N) is 2. The Balaban J connectivity index is 2.08. The lowest BCUT2D eigenvalue weighted by molar-refractivity contribution is -0.140. The highest BCUT2D eigenvalue weighted by atomic mass is 35.5. The number of nitrogens with one attached hydrogen (secondary N) is 1. The van der Waals surface area contributed by atoms with Gasteiger partial charge in [0.1, 0.15) is 12.6 Å². The number of carbonyl (C=O) groups excluding carboxylic acids is 2. The summed E-state index contributed by atoms with van der Waals surface area (Å²) in [5, 5.41) is 3.83. The summed E-state index contributed by atoms with van der Waals surface area (Å²) in [6.07, 6.45) is 0. The fourth-order valence-corrected chi connectivity index (χ4v) is 6.06. The molecule has 3 rings (SSSR count). The maximum absolute atomic E-state index is 14.0. The Bertz CT molecular complexity index is 1490. The molecule has 10 heteroatoms. The van der Waals surface area contributed by atoms with Crippen LogP contribution in [0.2, 0.25) is 10.0 Å². The molecule has 214 valence electrons. The summed E-state index contributed by atoms with van der Waals surface area (Å²) in [6, 6.07) is 17.3. The molecule has 0 aliphatic heterocycles. The number of halogens is 2. The van der Waals surface area contributed by atoms with Gasteiger partial charge in [0.2, 0.25) is 11.8 Å². The summed E-state index contributed by atoms with van der Waals surface area (Å²) in [5.41, 5.74) is 1.96. The van der Waals surface area contributed by atoms with Gasteiger partial charge < -0.3 is 10.2 Å². The fraction of sp³-hybridized carbons (Fsp3) is 0.333. The number of rotatable bonds is 9. The first-order chi connectivity index (χ1) is 18.6. The van der Waals surface area contributed by atoms with Crippen LogP contribution in [0.15, 0.2) is 71.6 Å². The molecular formula is C30H35Cl2N3O4S. The van der Waals surface area contributed by atoms with Gasteiger partial charge in [0.25, 0.3) is 10.0 Å². The van der Waals surface area contributed by atoms with Crippen LogP contribution in [0.1, 0.15) is 44.4 Å². The lowest BCUT2D eigenvalue weighted by Gasteiger charge is -2.34. The van der Waals surface area contributed by atoms with Crippen LogP contribution in [-0.4, -0.2) is 43.3 Å². The molecule has 0 aliphatic carbocycles. The van der Waals surface area contributed by atoms with E-state index in [9.17, 15) is 18.0 Å². The SMILES string of the molecule is Cc1ccc(S(=O)(=O)N(CC(=O)N(Cc2cccc(Cl)c2)C(C)C(=O)NC(C)(C)C)c2ccc(Cl)cc2C)cc1. The first-order valence-corrected chi connectivity index (χ1v) is 15.0. The zero-order chi connectivity index (χ0) is 29.8. The predicted octanol–water partition coefficient (Wildman–Crippen LogP) is 6.14. The van der Waals surface area contributed by atoms with Gasteiger partial charge in [-0.1, -0.05) is 53.0 Å². The number of sulfonamides is 1. The van der Waals surface area contributed by atoms with Gasteiger partial charge >= 0.3 is 0 Å². The Morgan fingerprint density at radius 2 is 1.55 bits per heavy atom. The van der Waals surface area contributed by atoms with Gasteiger partial charge in [-0.25, -0.2) is 8.42 Å². The van der Waals surface area contributed by atoms with Crippen molar-refractivity contribution in [1.82, 2.24) is 10.2 Å². The molecule has 0 aliphatic rings. The van der Waals surface area contributed by atoms with E-state index in [1.165, 1.54) is 17.0 Å². The third-order valence-electron chi connectivity index (χ3n) is 6.22. The van der Waals surface area contributed by atoms with Crippen molar-refractivity contribution in [3.8, 4) is 0 Å². The molecule has 3 aromatic rings. The van der Waals surface area contributed by atoms with Crippen molar-refractivity contribution < 1.29 is 18.0 Å². The third kappa shape index (κ3) is 7.99. The Kier molecular flexibility index (Phi) is 9.93. The number of hydrogen-bond acceptors (Lipinski definition) is 4. The molecule has 1 N–H and O–H groups in total. The minimum absolute atomic E-state index is 0.0418. The lowest BCUT2D eigenvalue weighted by atomic mass is 10.1. The summed E-state index contributed by atoms with van der Waals surface area (Å²) >= 11 is 12.3. The summed E-state index contributed by atoms with van der Waals surface area (Å²) in [5.74, 6) is -0.917. The first kappa shape index (κ1) is 31.5. The minimum Gasteiger partial charge on any atom is -0.350 e. The van der Waals surface area contributed by atoms with Crippen LogP contribution >= 0.6 is 23.2 Å². The van der Waals surface area contributed by atoms with Crippen LogP contribution in [0.4, 0.5) is 5.69 Å². The molecule has 0 heterocycles. The summed E-state index contributed by atoms with van der Waals surface area (Å²) in [4.78, 5) is 28.6. The number of carbonyl (C=O) groups is 2. The van der Waals surface area contributed by atoms with E-state index in [2.05, 4.69) is 5.32 Å². The van der Waals surface area contributed by atoms with E-state index in [4.69, 9.17) is 23.2 Å². The first-order valence-electron chi connectivity index (χ1n) is 12.8. The molecule has 1 atom stereocenters. The van der Waals surface area contributed by atoms with Crippen molar-refractivity contribution in [2.75, 3.05) is 10.8 Å². The van der Waals surface area contributed by atoms with E-state index in [0.717, 1.165) is 9.87 Å². The van der Waals surface area contributed by atoms with E-state index in [-0.39, 0.29) is 17.3 Å². The molecular weight excluding hydrogens is 569 g/mol. The maximum Gasteiger partial charge on any atom is 0.264 e. The maximum atomic E-state index is 14.0. The largest absolute Gasteiger partial charge is 0.350 e. The standard InChI is InChI=1S/C30H35Cl2N3O4S/c1-20-10-13-26(14-11-20)40(38,39)35(27-15-12-25(32)16-21(27)2)19-28(36)34(18-23-8-7-9-24(31)17-23)22(3)29(37)33-30(4,5)6/h7-17,22H,18-19H2,1-6H3,(H,33,37). The van der Waals surface area contributed by atoms with Crippen LogP contribution < -0.4 is 9.62 Å². The normalized spacial score (nSPS) is 12.5. The van der Waals surface area contributed by atoms with E-state index in [1.807, 2.05) is 27.7 Å². The van der Waals surface area contributed by atoms with Crippen molar-refractivity contribution >= 4 is 50.7 Å². The fourth-order valence-electron chi connectivity index (χ4n) is 4.14. The summed E-state index contributed by atoms with van der Waals surface area (Å²) < 4.78 is 29.0. The zero-order valence-corrected chi connectivity index (χ0v) is 25.9. The Hall–Kier alpha value is -3.07. The van der Waals surface area contributed by atoms with E-state index in [1.54, 1.807) is 68.4 Å². The molecule has 0 fully saturated rings. The highest BCUT2D eigenvalue weighted by molar-refractivity contribution is 7.92. The van der Waals surface area contributed by atoms with Gasteiger partial charge in [-0.15, -0.1) is 0 Å². The predicted molar refractivity (Wildman–Crippen MR) is 161 cm³/mol. The second-order valence-corrected chi connectivity index (χ2v) is 13.6. The topological polar surface area (TPSA) is 86.8 Å². The summed E-state index contributed by atoms with van der Waals surface area (Å²) in [7, 11) is -4.17. The van der Waals surface area contributed by atoms with Crippen molar-refractivity contribution in [1.29, 1.82) is 0 Å². The van der Waals surface area contributed by atoms with Gasteiger partial charge in [0.05, 0.1) is 10.6 Å². The molecule has 3 aromatic carbocycles. The molecule has 0 aromatic heterocycles. The smallest absolute Gasteiger partial charge is 0.264 e. The van der Waals surface area contributed by atoms with Gasteiger partial charge in [0, 0.05) is 22.1 Å². The van der Waals surface area contributed by atoms with Gasteiger partial charge in [-0.2, -0.15) is 0 Å². The Morgan fingerprint density at radius 1 is 0.925 bits per heavy atom. The number of aryl methyl sites for hydroxylation is 2. The molecule has 2 amide bonds. The van der Waals surface area contributed by atoms with Crippen molar-refractivity contribution in [2.24, 2.45) is 0 Å². The number of amides is 2. The van der Waals surface area contributed by atoms with Crippen molar-refractivity contribution in [3.05, 3.63) is 93.5 Å². The number of hydrogen-bond donors (Lipinski definition) is 1. The highest BCUT2D eigenvalue weighted by Gasteiger charge is 2.34. The van der Waals surface area contributed by atoms with Crippen LogP contribution in [0.3, 0.4) is 0 Å². The third-order valence-corrected chi connectivity index (χ3v) is 8.47. The minimum atomic E-state index is -4.17. The van der Waals surface area contributed by atoms with E-state index >= 15 is 0 Å². The second kappa shape index (κ2) is 12.6. The lowest BCUT2D eigenvalue weighted by Crippen LogP contribution is -2.54. The molecule has 0 saturated carbocycles. The molecule has 0 saturated heterocycles. The van der Waals surface area contributed by atoms with Crippen LogP contribution in [0.5, 0.6) is 0 Å². The van der Waals surface area contributed by atoms with Crippen LogP contribution in [-0.2, 0) is 26.2 Å². The van der Waals surface area contributed by atoms with E-state index in [0.29, 0.717) is 26.9 Å². The van der Waals surface area contributed by atoms with Gasteiger partial charge in [-0.3, -0.25) is 13.9 Å². The molecule has 0 radical (unpaired) electrons. The Morgan fingerprint density at radius 3 is 2.12 bits per heavy atom. The average molecular weight is 605 g/mol. The zero-order valence-electron chi connectivity index (χ0n) is 23.5. The molecule has 7 nitrogen and oxygen atoms in total. The quantitative estimate of drug-likeness (QED) is 0.318. The van der Waals surface area contributed by atoms with Crippen molar-refractivity contribution in [3.63, 3.8) is 0 Å². The van der Waals surface area contributed by atoms with E-state index < -0.39 is 34.1 Å².